The number of aliphatic carboxylic acids is 1. The number of carbonyl (C=O) groups is 1. The van der Waals surface area contributed by atoms with Gasteiger partial charge in [-0.2, -0.15) is 0 Å². The Morgan fingerprint density at radius 2 is 1.95 bits per heavy atom. The van der Waals surface area contributed by atoms with Gasteiger partial charge in [0.1, 0.15) is 6.04 Å². The fourth-order valence-corrected chi connectivity index (χ4v) is 4.09. The third kappa shape index (κ3) is 2.90. The minimum atomic E-state index is -0.713. The van der Waals surface area contributed by atoms with Crippen molar-refractivity contribution in [2.24, 2.45) is 5.92 Å². The molecule has 0 radical (unpaired) electrons. The first-order chi connectivity index (χ1) is 9.66. The van der Waals surface area contributed by atoms with Crippen molar-refractivity contribution in [1.82, 2.24) is 9.80 Å². The minimum Gasteiger partial charge on any atom is -0.480 e. The van der Waals surface area contributed by atoms with Crippen molar-refractivity contribution in [2.45, 2.75) is 31.8 Å². The normalized spacial score (nSPS) is 24.4. The van der Waals surface area contributed by atoms with Gasteiger partial charge in [-0.05, 0) is 37.1 Å². The van der Waals surface area contributed by atoms with Crippen molar-refractivity contribution in [3.8, 4) is 0 Å². The van der Waals surface area contributed by atoms with Crippen LogP contribution in [0.3, 0.4) is 0 Å². The molecule has 2 atom stereocenters. The zero-order valence-electron chi connectivity index (χ0n) is 11.9. The average molecular weight is 294 g/mol. The number of hydrogen-bond donors (Lipinski definition) is 1. The van der Waals surface area contributed by atoms with E-state index in [1.807, 2.05) is 11.3 Å². The molecule has 1 aliphatic heterocycles. The van der Waals surface area contributed by atoms with Gasteiger partial charge in [-0.25, -0.2) is 0 Å². The van der Waals surface area contributed by atoms with E-state index in [1.165, 1.54) is 17.7 Å². The van der Waals surface area contributed by atoms with Crippen molar-refractivity contribution in [3.63, 3.8) is 0 Å². The molecule has 0 amide bonds. The second-order valence-corrected chi connectivity index (χ2v) is 6.86. The second-order valence-electron chi connectivity index (χ2n) is 5.88. The van der Waals surface area contributed by atoms with Crippen LogP contribution in [0, 0.1) is 5.92 Å². The number of carboxylic acid groups (broad SMARTS) is 1. The van der Waals surface area contributed by atoms with Crippen molar-refractivity contribution >= 4 is 17.3 Å². The summed E-state index contributed by atoms with van der Waals surface area (Å²) in [5.74, 6) is 0.104. The fraction of sp³-hybridized carbons (Fsp3) is 0.667. The molecule has 2 aliphatic rings. The lowest BCUT2D eigenvalue weighted by molar-refractivity contribution is -0.143. The summed E-state index contributed by atoms with van der Waals surface area (Å²) >= 11 is 1.86. The van der Waals surface area contributed by atoms with E-state index in [2.05, 4.69) is 27.3 Å². The molecule has 1 aromatic heterocycles. The van der Waals surface area contributed by atoms with Crippen LogP contribution in [0.15, 0.2) is 17.5 Å². The molecule has 2 heterocycles. The molecule has 0 spiro atoms. The minimum absolute atomic E-state index is 0.363. The summed E-state index contributed by atoms with van der Waals surface area (Å²) in [5, 5.41) is 11.3. The van der Waals surface area contributed by atoms with Gasteiger partial charge < -0.3 is 5.11 Å². The molecule has 0 aromatic carbocycles. The highest BCUT2D eigenvalue weighted by atomic mass is 32.1. The summed E-state index contributed by atoms with van der Waals surface area (Å²) < 4.78 is 0. The molecule has 2 unspecified atom stereocenters. The van der Waals surface area contributed by atoms with Crippen LogP contribution in [-0.4, -0.2) is 53.1 Å². The van der Waals surface area contributed by atoms with Gasteiger partial charge in [0.25, 0.3) is 0 Å². The van der Waals surface area contributed by atoms with E-state index in [1.54, 1.807) is 6.92 Å². The zero-order valence-corrected chi connectivity index (χ0v) is 12.7. The molecule has 0 bridgehead atoms. The summed E-state index contributed by atoms with van der Waals surface area (Å²) in [6.07, 6.45) is 2.68. The van der Waals surface area contributed by atoms with Crippen molar-refractivity contribution in [2.75, 3.05) is 26.2 Å². The first kappa shape index (κ1) is 14.0. The molecule has 110 valence electrons. The van der Waals surface area contributed by atoms with Crippen LogP contribution in [0.1, 0.15) is 30.7 Å². The van der Waals surface area contributed by atoms with Gasteiger partial charge in [0.15, 0.2) is 0 Å². The first-order valence-corrected chi connectivity index (χ1v) is 8.29. The lowest BCUT2D eigenvalue weighted by Gasteiger charge is -2.40. The van der Waals surface area contributed by atoms with E-state index >= 15 is 0 Å². The van der Waals surface area contributed by atoms with E-state index in [0.29, 0.717) is 6.04 Å². The Labute approximate surface area is 124 Å². The Morgan fingerprint density at radius 1 is 1.30 bits per heavy atom. The Morgan fingerprint density at radius 3 is 2.45 bits per heavy atom. The Hall–Kier alpha value is -0.910. The molecule has 1 aromatic rings. The quantitative estimate of drug-likeness (QED) is 0.905. The highest BCUT2D eigenvalue weighted by Crippen LogP contribution is 2.46. The highest BCUT2D eigenvalue weighted by molar-refractivity contribution is 7.10. The van der Waals surface area contributed by atoms with E-state index < -0.39 is 5.97 Å². The number of carboxylic acids is 1. The third-order valence-electron chi connectivity index (χ3n) is 4.55. The monoisotopic (exact) mass is 294 g/mol. The maximum absolute atomic E-state index is 11.1. The SMILES string of the molecule is CC(C(=O)O)N1CCN(C(c2cccs2)C2CC2)CC1. The van der Waals surface area contributed by atoms with Crippen LogP contribution in [0.25, 0.3) is 0 Å². The van der Waals surface area contributed by atoms with Crippen LogP contribution in [0.2, 0.25) is 0 Å². The van der Waals surface area contributed by atoms with Gasteiger partial charge in [-0.3, -0.25) is 14.6 Å². The van der Waals surface area contributed by atoms with Gasteiger partial charge in [0, 0.05) is 37.1 Å². The van der Waals surface area contributed by atoms with E-state index in [9.17, 15) is 4.79 Å². The fourth-order valence-electron chi connectivity index (χ4n) is 3.14. The predicted molar refractivity (Wildman–Crippen MR) is 80.0 cm³/mol. The lowest BCUT2D eigenvalue weighted by Crippen LogP contribution is -2.52. The van der Waals surface area contributed by atoms with Crippen LogP contribution >= 0.6 is 11.3 Å². The van der Waals surface area contributed by atoms with E-state index in [0.717, 1.165) is 32.1 Å². The third-order valence-corrected chi connectivity index (χ3v) is 5.49. The largest absolute Gasteiger partial charge is 0.480 e. The van der Waals surface area contributed by atoms with Crippen LogP contribution in [0.5, 0.6) is 0 Å². The second kappa shape index (κ2) is 5.84. The highest BCUT2D eigenvalue weighted by Gasteiger charge is 2.38. The molecule has 1 saturated heterocycles. The van der Waals surface area contributed by atoms with Gasteiger partial charge in [0.05, 0.1) is 0 Å². The summed E-state index contributed by atoms with van der Waals surface area (Å²) in [4.78, 5) is 17.2. The molecular weight excluding hydrogens is 272 g/mol. The molecule has 5 heteroatoms. The van der Waals surface area contributed by atoms with Crippen molar-refractivity contribution in [3.05, 3.63) is 22.4 Å². The molecule has 4 nitrogen and oxygen atoms in total. The Bertz CT molecular complexity index is 450. The molecule has 1 aliphatic carbocycles. The molecule has 1 N–H and O–H groups in total. The van der Waals surface area contributed by atoms with E-state index in [-0.39, 0.29) is 6.04 Å². The summed E-state index contributed by atoms with van der Waals surface area (Å²) in [6.45, 7) is 5.48. The van der Waals surface area contributed by atoms with Gasteiger partial charge in [0.2, 0.25) is 0 Å². The molecule has 2 fully saturated rings. The van der Waals surface area contributed by atoms with Crippen molar-refractivity contribution in [1.29, 1.82) is 0 Å². The molecule has 3 rings (SSSR count). The van der Waals surface area contributed by atoms with E-state index in [4.69, 9.17) is 5.11 Å². The number of thiophene rings is 1. The summed E-state index contributed by atoms with van der Waals surface area (Å²) in [7, 11) is 0. The summed E-state index contributed by atoms with van der Waals surface area (Å²) in [6, 6.07) is 4.59. The maximum Gasteiger partial charge on any atom is 0.320 e. The zero-order chi connectivity index (χ0) is 14.1. The summed E-state index contributed by atoms with van der Waals surface area (Å²) in [5.41, 5.74) is 0. The smallest absolute Gasteiger partial charge is 0.320 e. The number of piperazine rings is 1. The van der Waals surface area contributed by atoms with Crippen LogP contribution < -0.4 is 0 Å². The van der Waals surface area contributed by atoms with Gasteiger partial charge in [-0.1, -0.05) is 6.07 Å². The topological polar surface area (TPSA) is 43.8 Å². The van der Waals surface area contributed by atoms with Gasteiger partial charge in [-0.15, -0.1) is 11.3 Å². The molecular formula is C15H22N2O2S. The van der Waals surface area contributed by atoms with Crippen LogP contribution in [-0.2, 0) is 4.79 Å². The maximum atomic E-state index is 11.1. The van der Waals surface area contributed by atoms with Gasteiger partial charge >= 0.3 is 5.97 Å². The molecule has 1 saturated carbocycles. The van der Waals surface area contributed by atoms with Crippen LogP contribution in [0.4, 0.5) is 0 Å². The Balaban J connectivity index is 1.63. The standard InChI is InChI=1S/C15H22N2O2S/c1-11(15(18)19)16-6-8-17(9-7-16)14(12-4-5-12)13-3-2-10-20-13/h2-3,10-12,14H,4-9H2,1H3,(H,18,19). The predicted octanol–water partition coefficient (Wildman–Crippen LogP) is 2.29. The number of hydrogen-bond acceptors (Lipinski definition) is 4. The lowest BCUT2D eigenvalue weighted by atomic mass is 10.1. The number of nitrogens with zero attached hydrogens (tertiary/aromatic N) is 2. The Kier molecular flexibility index (Phi) is 4.10. The number of rotatable bonds is 5. The first-order valence-electron chi connectivity index (χ1n) is 7.41. The molecule has 20 heavy (non-hydrogen) atoms. The van der Waals surface area contributed by atoms with Crippen molar-refractivity contribution < 1.29 is 9.90 Å². The average Bonchev–Trinajstić information content (AvgIpc) is 3.13.